The third-order valence-corrected chi connectivity index (χ3v) is 11.9. The number of imide groups is 2. The van der Waals surface area contributed by atoms with Gasteiger partial charge in [-0.2, -0.15) is 26.3 Å². The molecule has 56 heavy (non-hydrogen) atoms. The van der Waals surface area contributed by atoms with Gasteiger partial charge < -0.3 is 15.2 Å². The molecular weight excluding hydrogens is 802 g/mol. The van der Waals surface area contributed by atoms with Gasteiger partial charge in [0.1, 0.15) is 17.4 Å². The first-order valence-electron chi connectivity index (χ1n) is 17.5. The smallest absolute Gasteiger partial charge is 0.368 e. The molecule has 1 aromatic heterocycles. The highest BCUT2D eigenvalue weighted by Crippen LogP contribution is 2.38. The number of amides is 4. The molecular formula is C35H32Cl2F3N9O6S. The minimum absolute atomic E-state index is 0.0131. The number of alkyl halides is 3. The van der Waals surface area contributed by atoms with Gasteiger partial charge in [0.25, 0.3) is 22.0 Å². The fourth-order valence-corrected chi connectivity index (χ4v) is 8.65. The number of fused-ring (bicyclic) bond motifs is 2. The van der Waals surface area contributed by atoms with Crippen LogP contribution in [0, 0.1) is 0 Å². The number of nitrogens with zero attached hydrogens (tertiary/aromatic N) is 4. The number of carbonyl (C=O) groups is 4. The molecule has 8 rings (SSSR count). The van der Waals surface area contributed by atoms with Gasteiger partial charge in [-0.3, -0.25) is 39.0 Å². The second-order valence-electron chi connectivity index (χ2n) is 14.0. The van der Waals surface area contributed by atoms with Crippen molar-refractivity contribution in [2.75, 3.05) is 48.9 Å². The third kappa shape index (κ3) is 7.30. The van der Waals surface area contributed by atoms with E-state index >= 15 is 0 Å². The standard InChI is InChI=1S/C35H32Cl2F3N9O6S/c36-18-1-4-26(24(11-18)31-43-27-10-17(35(38,39)40)9-25(37)30(27)45-31)46-56(54,55)42-8-7-41-19-13-47(14-19)21-15-48(16-21)20-2-3-22-23(12-20)34(53)49(33(22)52)28-5-6-29(50)44-32(28)51/h1-4,9-12,19,21,28,41-42,46H,5-8,13-16H2,(H,43,45)(H,44,50,51). The molecule has 5 N–H and O–H groups in total. The van der Waals surface area contributed by atoms with Gasteiger partial charge in [0, 0.05) is 74.0 Å². The van der Waals surface area contributed by atoms with Gasteiger partial charge in [0.15, 0.2) is 0 Å². The third-order valence-electron chi connectivity index (χ3n) is 10.3. The SMILES string of the molecule is O=C1CCC(N2C(=O)c3ccc(N4CC(N5CC(NCCNS(=O)(=O)Nc6ccc(Cl)cc6-c6nc7c(Cl)cc(C(F)(F)F)cc7[nH]6)C5)C4)cc3C2=O)C(=O)N1. The lowest BCUT2D eigenvalue weighted by Gasteiger charge is -2.52. The lowest BCUT2D eigenvalue weighted by Crippen LogP contribution is -2.69. The van der Waals surface area contributed by atoms with Crippen molar-refractivity contribution in [1.82, 2.24) is 35.1 Å². The molecule has 0 aliphatic carbocycles. The fourth-order valence-electron chi connectivity index (χ4n) is 7.30. The molecule has 21 heteroatoms. The van der Waals surface area contributed by atoms with Gasteiger partial charge in [-0.05, 0) is 55.0 Å². The molecule has 1 atom stereocenters. The molecule has 3 aromatic carbocycles. The fraction of sp³-hybridized carbons (Fsp3) is 0.343. The molecule has 0 bridgehead atoms. The summed E-state index contributed by atoms with van der Waals surface area (Å²) in [5.74, 6) is -2.13. The number of hydrogen-bond donors (Lipinski definition) is 5. The van der Waals surface area contributed by atoms with E-state index in [1.54, 1.807) is 18.2 Å². The zero-order valence-corrected chi connectivity index (χ0v) is 31.4. The van der Waals surface area contributed by atoms with Crippen LogP contribution < -0.4 is 25.0 Å². The Morgan fingerprint density at radius 2 is 1.64 bits per heavy atom. The number of anilines is 2. The molecule has 294 valence electrons. The van der Waals surface area contributed by atoms with Crippen molar-refractivity contribution in [1.29, 1.82) is 0 Å². The topological polar surface area (TPSA) is 189 Å². The lowest BCUT2D eigenvalue weighted by molar-refractivity contribution is -0.138. The number of piperidine rings is 1. The van der Waals surface area contributed by atoms with Crippen LogP contribution in [0.25, 0.3) is 22.4 Å². The Kier molecular flexibility index (Phi) is 9.73. The summed E-state index contributed by atoms with van der Waals surface area (Å²) in [5.41, 5.74) is 0.654. The first-order valence-corrected chi connectivity index (χ1v) is 19.7. The summed E-state index contributed by atoms with van der Waals surface area (Å²) in [7, 11) is -4.09. The molecule has 5 heterocycles. The van der Waals surface area contributed by atoms with Gasteiger partial charge in [-0.25, -0.2) is 4.98 Å². The number of carbonyl (C=O) groups excluding carboxylic acids is 4. The molecule has 1 unspecified atom stereocenters. The minimum Gasteiger partial charge on any atom is -0.368 e. The van der Waals surface area contributed by atoms with E-state index in [0.29, 0.717) is 19.6 Å². The Morgan fingerprint density at radius 3 is 2.38 bits per heavy atom. The quantitative estimate of drug-likeness (QED) is 0.111. The van der Waals surface area contributed by atoms with Crippen LogP contribution in [0.3, 0.4) is 0 Å². The predicted octanol–water partition coefficient (Wildman–Crippen LogP) is 3.37. The van der Waals surface area contributed by atoms with Gasteiger partial charge in [-0.15, -0.1) is 0 Å². The molecule has 15 nitrogen and oxygen atoms in total. The molecule has 0 radical (unpaired) electrons. The monoisotopic (exact) mass is 833 g/mol. The number of likely N-dealkylation sites (tertiary alicyclic amines) is 1. The number of halogens is 5. The summed E-state index contributed by atoms with van der Waals surface area (Å²) in [6.07, 6.45) is -4.50. The summed E-state index contributed by atoms with van der Waals surface area (Å²) >= 11 is 12.3. The van der Waals surface area contributed by atoms with Crippen LogP contribution in [0.2, 0.25) is 10.0 Å². The molecule has 3 saturated heterocycles. The molecule has 4 aliphatic heterocycles. The van der Waals surface area contributed by atoms with Gasteiger partial charge in [-0.1, -0.05) is 23.2 Å². The van der Waals surface area contributed by atoms with Crippen molar-refractivity contribution < 1.29 is 40.8 Å². The highest BCUT2D eigenvalue weighted by atomic mass is 35.5. The summed E-state index contributed by atoms with van der Waals surface area (Å²) in [4.78, 5) is 62.5. The number of H-pyrrole nitrogens is 1. The molecule has 4 aliphatic rings. The van der Waals surface area contributed by atoms with E-state index in [-0.39, 0.29) is 80.8 Å². The second-order valence-corrected chi connectivity index (χ2v) is 16.3. The van der Waals surface area contributed by atoms with Crippen LogP contribution >= 0.6 is 23.2 Å². The van der Waals surface area contributed by atoms with E-state index in [1.165, 1.54) is 18.2 Å². The zero-order valence-electron chi connectivity index (χ0n) is 29.0. The Balaban J connectivity index is 0.799. The van der Waals surface area contributed by atoms with Crippen molar-refractivity contribution in [2.24, 2.45) is 0 Å². The number of benzene rings is 3. The average Bonchev–Trinajstić information content (AvgIpc) is 3.63. The first-order chi connectivity index (χ1) is 26.5. The zero-order chi connectivity index (χ0) is 39.7. The molecule has 4 aromatic rings. The van der Waals surface area contributed by atoms with E-state index in [0.717, 1.165) is 35.8 Å². The van der Waals surface area contributed by atoms with Crippen LogP contribution in [0.5, 0.6) is 0 Å². The van der Waals surface area contributed by atoms with Crippen molar-refractivity contribution in [3.05, 3.63) is 75.3 Å². The lowest BCUT2D eigenvalue weighted by atomic mass is 9.98. The minimum atomic E-state index is -4.63. The van der Waals surface area contributed by atoms with E-state index < -0.39 is 51.6 Å². The van der Waals surface area contributed by atoms with Crippen LogP contribution in [0.4, 0.5) is 24.5 Å². The molecule has 3 fully saturated rings. The maximum absolute atomic E-state index is 13.3. The van der Waals surface area contributed by atoms with Crippen LogP contribution in [-0.2, 0) is 26.0 Å². The van der Waals surface area contributed by atoms with E-state index in [4.69, 9.17) is 23.2 Å². The number of aromatic amines is 1. The Bertz CT molecular complexity index is 2420. The van der Waals surface area contributed by atoms with Gasteiger partial charge >= 0.3 is 6.18 Å². The van der Waals surface area contributed by atoms with Crippen molar-refractivity contribution >= 4 is 79.4 Å². The number of imidazole rings is 1. The molecule has 4 amide bonds. The van der Waals surface area contributed by atoms with Crippen molar-refractivity contribution in [3.63, 3.8) is 0 Å². The predicted molar refractivity (Wildman–Crippen MR) is 200 cm³/mol. The summed E-state index contributed by atoms with van der Waals surface area (Å²) in [6, 6.07) is 10.4. The molecule has 0 spiro atoms. The highest BCUT2D eigenvalue weighted by Gasteiger charge is 2.45. The van der Waals surface area contributed by atoms with Crippen LogP contribution in [0.15, 0.2) is 48.5 Å². The summed E-state index contributed by atoms with van der Waals surface area (Å²) in [5, 5.41) is 5.54. The largest absolute Gasteiger partial charge is 0.416 e. The summed E-state index contributed by atoms with van der Waals surface area (Å²) < 4.78 is 70.9. The Labute approximate surface area is 327 Å². The maximum Gasteiger partial charge on any atom is 0.416 e. The Hall–Kier alpha value is -4.79. The average molecular weight is 835 g/mol. The number of aromatic nitrogens is 2. The van der Waals surface area contributed by atoms with E-state index in [2.05, 4.69) is 39.8 Å². The summed E-state index contributed by atoms with van der Waals surface area (Å²) in [6.45, 7) is 3.32. The number of hydrogen-bond acceptors (Lipinski definition) is 10. The van der Waals surface area contributed by atoms with Gasteiger partial charge in [0.05, 0.1) is 32.9 Å². The maximum atomic E-state index is 13.3. The van der Waals surface area contributed by atoms with E-state index in [9.17, 15) is 40.8 Å². The number of nitrogens with one attached hydrogen (secondary N) is 5. The van der Waals surface area contributed by atoms with Gasteiger partial charge in [0.2, 0.25) is 11.8 Å². The highest BCUT2D eigenvalue weighted by molar-refractivity contribution is 7.90. The first kappa shape index (κ1) is 38.1. The Morgan fingerprint density at radius 1 is 0.893 bits per heavy atom. The molecule has 0 saturated carbocycles. The number of rotatable bonds is 11. The van der Waals surface area contributed by atoms with Crippen LogP contribution in [-0.4, -0.2) is 109 Å². The normalized spacial score (nSPS) is 19.7. The van der Waals surface area contributed by atoms with Crippen molar-refractivity contribution in [2.45, 2.75) is 37.1 Å². The van der Waals surface area contributed by atoms with E-state index in [1.807, 2.05) is 0 Å². The second kappa shape index (κ2) is 14.3. The van der Waals surface area contributed by atoms with Crippen LogP contribution in [0.1, 0.15) is 39.1 Å². The van der Waals surface area contributed by atoms with Crippen molar-refractivity contribution in [3.8, 4) is 11.4 Å².